The van der Waals surface area contributed by atoms with E-state index in [1.165, 1.54) is 0 Å². The summed E-state index contributed by atoms with van der Waals surface area (Å²) in [6.45, 7) is 3.81. The van der Waals surface area contributed by atoms with Crippen LogP contribution in [-0.4, -0.2) is 58.6 Å². The number of alkyl carbamates (subject to hydrolysis) is 1. The Morgan fingerprint density at radius 1 is 1.43 bits per heavy atom. The average Bonchev–Trinajstić information content (AvgIpc) is 2.30. The summed E-state index contributed by atoms with van der Waals surface area (Å²) in [6, 6.07) is -1.01. The van der Waals surface area contributed by atoms with Gasteiger partial charge in [0.05, 0.1) is 19.0 Å². The molecule has 23 heavy (non-hydrogen) atoms. The summed E-state index contributed by atoms with van der Waals surface area (Å²) >= 11 is 0. The Morgan fingerprint density at radius 2 is 2.04 bits per heavy atom. The first-order valence-corrected chi connectivity index (χ1v) is 7.25. The molecular formula is C14H22F2N2O5. The SMILES string of the molecule is CC(C)(C)OC(=O)N[C@@H](CC(=O)O)CN1CC(F)(F)CCC1=O. The van der Waals surface area contributed by atoms with Crippen molar-refractivity contribution < 1.29 is 33.0 Å². The van der Waals surface area contributed by atoms with Crippen LogP contribution >= 0.6 is 0 Å². The second kappa shape index (κ2) is 7.10. The number of hydrogen-bond donors (Lipinski definition) is 2. The van der Waals surface area contributed by atoms with Gasteiger partial charge in [0.2, 0.25) is 5.91 Å². The number of nitrogens with one attached hydrogen (secondary N) is 1. The first kappa shape index (κ1) is 19.1. The van der Waals surface area contributed by atoms with E-state index in [0.717, 1.165) is 4.90 Å². The van der Waals surface area contributed by atoms with Crippen LogP contribution in [0.25, 0.3) is 0 Å². The number of piperidine rings is 1. The summed E-state index contributed by atoms with van der Waals surface area (Å²) in [6.07, 6.45) is -2.20. The number of alkyl halides is 2. The minimum Gasteiger partial charge on any atom is -0.481 e. The number of carbonyl (C=O) groups is 3. The molecular weight excluding hydrogens is 314 g/mol. The molecule has 2 N–H and O–H groups in total. The van der Waals surface area contributed by atoms with Gasteiger partial charge in [-0.25, -0.2) is 13.6 Å². The van der Waals surface area contributed by atoms with Crippen molar-refractivity contribution in [1.82, 2.24) is 10.2 Å². The highest BCUT2D eigenvalue weighted by atomic mass is 19.3. The number of nitrogens with zero attached hydrogens (tertiary/aromatic N) is 1. The fraction of sp³-hybridized carbons (Fsp3) is 0.786. The van der Waals surface area contributed by atoms with E-state index in [-0.39, 0.29) is 13.0 Å². The number of amides is 2. The number of rotatable bonds is 5. The van der Waals surface area contributed by atoms with Crippen molar-refractivity contribution in [2.45, 2.75) is 57.6 Å². The maximum atomic E-state index is 13.4. The van der Waals surface area contributed by atoms with Gasteiger partial charge in [0, 0.05) is 19.4 Å². The molecule has 7 nitrogen and oxygen atoms in total. The largest absolute Gasteiger partial charge is 0.481 e. The van der Waals surface area contributed by atoms with Gasteiger partial charge < -0.3 is 20.1 Å². The van der Waals surface area contributed by atoms with Gasteiger partial charge in [-0.15, -0.1) is 0 Å². The number of carboxylic acids is 1. The predicted molar refractivity (Wildman–Crippen MR) is 76.2 cm³/mol. The molecule has 0 aromatic heterocycles. The molecule has 0 bridgehead atoms. The second-order valence-corrected chi connectivity index (χ2v) is 6.57. The summed E-state index contributed by atoms with van der Waals surface area (Å²) in [5, 5.41) is 11.2. The minimum atomic E-state index is -3.01. The molecule has 0 spiro atoms. The van der Waals surface area contributed by atoms with Gasteiger partial charge in [0.1, 0.15) is 5.60 Å². The molecule has 132 valence electrons. The molecule has 1 heterocycles. The molecule has 0 aliphatic carbocycles. The van der Waals surface area contributed by atoms with E-state index in [2.05, 4.69) is 5.32 Å². The molecule has 1 atom stereocenters. The number of ether oxygens (including phenoxy) is 1. The van der Waals surface area contributed by atoms with E-state index >= 15 is 0 Å². The summed E-state index contributed by atoms with van der Waals surface area (Å²) in [5.41, 5.74) is -0.786. The third-order valence-electron chi connectivity index (χ3n) is 3.06. The molecule has 1 aliphatic rings. The number of likely N-dealkylation sites (tertiary alicyclic amines) is 1. The molecule has 0 aromatic carbocycles. The Bertz CT molecular complexity index is 476. The lowest BCUT2D eigenvalue weighted by Gasteiger charge is -2.34. The third kappa shape index (κ3) is 7.25. The van der Waals surface area contributed by atoms with Crippen LogP contribution in [0.1, 0.15) is 40.0 Å². The van der Waals surface area contributed by atoms with Gasteiger partial charge in [0.15, 0.2) is 0 Å². The maximum Gasteiger partial charge on any atom is 0.407 e. The highest BCUT2D eigenvalue weighted by molar-refractivity contribution is 5.78. The molecule has 1 aliphatic heterocycles. The van der Waals surface area contributed by atoms with Gasteiger partial charge >= 0.3 is 12.1 Å². The molecule has 9 heteroatoms. The summed E-state index contributed by atoms with van der Waals surface area (Å²) in [5.74, 6) is -4.72. The fourth-order valence-corrected chi connectivity index (χ4v) is 2.17. The van der Waals surface area contributed by atoms with Gasteiger partial charge in [-0.05, 0) is 20.8 Å². The third-order valence-corrected chi connectivity index (χ3v) is 3.06. The van der Waals surface area contributed by atoms with E-state index in [4.69, 9.17) is 9.84 Å². The highest BCUT2D eigenvalue weighted by Crippen LogP contribution is 2.27. The van der Waals surface area contributed by atoms with Crippen molar-refractivity contribution >= 4 is 18.0 Å². The van der Waals surface area contributed by atoms with E-state index in [0.29, 0.717) is 0 Å². The zero-order chi connectivity index (χ0) is 17.8. The molecule has 1 saturated heterocycles. The number of carboxylic acid groups (broad SMARTS) is 1. The molecule has 0 saturated carbocycles. The van der Waals surface area contributed by atoms with Crippen LogP contribution in [0.4, 0.5) is 13.6 Å². The van der Waals surface area contributed by atoms with E-state index in [9.17, 15) is 23.2 Å². The fourth-order valence-electron chi connectivity index (χ4n) is 2.17. The van der Waals surface area contributed by atoms with Crippen LogP contribution in [0.2, 0.25) is 0 Å². The Hall–Kier alpha value is -1.93. The highest BCUT2D eigenvalue weighted by Gasteiger charge is 2.40. The van der Waals surface area contributed by atoms with Gasteiger partial charge in [0.25, 0.3) is 5.92 Å². The minimum absolute atomic E-state index is 0.306. The molecule has 0 radical (unpaired) electrons. The lowest BCUT2D eigenvalue weighted by Crippen LogP contribution is -2.53. The van der Waals surface area contributed by atoms with Crippen LogP contribution in [0.15, 0.2) is 0 Å². The number of hydrogen-bond acceptors (Lipinski definition) is 4. The number of aliphatic carboxylic acids is 1. The van der Waals surface area contributed by atoms with Crippen molar-refractivity contribution in [2.24, 2.45) is 0 Å². The lowest BCUT2D eigenvalue weighted by atomic mass is 10.1. The zero-order valence-electron chi connectivity index (χ0n) is 13.4. The van der Waals surface area contributed by atoms with Crippen molar-refractivity contribution in [3.05, 3.63) is 0 Å². The number of halogens is 2. The normalized spacial score (nSPS) is 19.2. The molecule has 1 rings (SSSR count). The van der Waals surface area contributed by atoms with Crippen molar-refractivity contribution in [2.75, 3.05) is 13.1 Å². The van der Waals surface area contributed by atoms with Crippen LogP contribution in [0.5, 0.6) is 0 Å². The summed E-state index contributed by atoms with van der Waals surface area (Å²) in [7, 11) is 0. The van der Waals surface area contributed by atoms with Crippen molar-refractivity contribution in [1.29, 1.82) is 0 Å². The summed E-state index contributed by atoms with van der Waals surface area (Å²) in [4.78, 5) is 35.2. The smallest absolute Gasteiger partial charge is 0.407 e. The predicted octanol–water partition coefficient (Wildman–Crippen LogP) is 1.61. The topological polar surface area (TPSA) is 95.9 Å². The Labute approximate surface area is 133 Å². The average molecular weight is 336 g/mol. The lowest BCUT2D eigenvalue weighted by molar-refractivity contribution is -0.148. The van der Waals surface area contributed by atoms with Gasteiger partial charge in [-0.3, -0.25) is 9.59 Å². The van der Waals surface area contributed by atoms with Crippen LogP contribution < -0.4 is 5.32 Å². The molecule has 0 unspecified atom stereocenters. The van der Waals surface area contributed by atoms with Crippen molar-refractivity contribution in [3.63, 3.8) is 0 Å². The standard InChI is InChI=1S/C14H22F2N2O5/c1-13(2,3)23-12(22)17-9(6-11(20)21)7-18-8-14(15,16)5-4-10(18)19/h9H,4-8H2,1-3H3,(H,17,22)(H,20,21)/t9-/m0/s1. The number of carbonyl (C=O) groups excluding carboxylic acids is 2. The van der Waals surface area contributed by atoms with Crippen molar-refractivity contribution in [3.8, 4) is 0 Å². The van der Waals surface area contributed by atoms with E-state index in [1.807, 2.05) is 0 Å². The summed E-state index contributed by atoms with van der Waals surface area (Å²) < 4.78 is 31.8. The maximum absolute atomic E-state index is 13.4. The Kier molecular flexibility index (Phi) is 5.90. The first-order valence-electron chi connectivity index (χ1n) is 7.25. The first-order chi connectivity index (χ1) is 10.4. The Balaban J connectivity index is 2.72. The Morgan fingerprint density at radius 3 is 2.57 bits per heavy atom. The molecule has 2 amide bonds. The van der Waals surface area contributed by atoms with Crippen LogP contribution in [0, 0.1) is 0 Å². The zero-order valence-corrected chi connectivity index (χ0v) is 13.4. The van der Waals surface area contributed by atoms with Crippen LogP contribution in [-0.2, 0) is 14.3 Å². The van der Waals surface area contributed by atoms with Crippen LogP contribution in [0.3, 0.4) is 0 Å². The van der Waals surface area contributed by atoms with Gasteiger partial charge in [-0.2, -0.15) is 0 Å². The molecule has 0 aromatic rings. The molecule has 1 fully saturated rings. The monoisotopic (exact) mass is 336 g/mol. The van der Waals surface area contributed by atoms with Gasteiger partial charge in [-0.1, -0.05) is 0 Å². The van der Waals surface area contributed by atoms with E-state index < -0.39 is 54.9 Å². The van der Waals surface area contributed by atoms with E-state index in [1.54, 1.807) is 20.8 Å². The quantitative estimate of drug-likeness (QED) is 0.795. The second-order valence-electron chi connectivity index (χ2n) is 6.57.